The summed E-state index contributed by atoms with van der Waals surface area (Å²) in [6.45, 7) is 5.74. The van der Waals surface area contributed by atoms with Crippen LogP contribution in [0, 0.1) is 6.92 Å². The normalized spacial score (nSPS) is 11.2. The summed E-state index contributed by atoms with van der Waals surface area (Å²) in [5, 5.41) is 7.94. The van der Waals surface area contributed by atoms with E-state index < -0.39 is 0 Å². The maximum Gasteiger partial charge on any atom is 0.316 e. The number of nitrogens with zero attached hydrogens (tertiary/aromatic N) is 6. The smallest absolute Gasteiger partial charge is 0.316 e. The molecule has 3 aromatic heterocycles. The van der Waals surface area contributed by atoms with Gasteiger partial charge in [-0.15, -0.1) is 10.2 Å². The Morgan fingerprint density at radius 2 is 1.95 bits per heavy atom. The average Bonchev–Trinajstić information content (AvgIpc) is 2.90. The third-order valence-electron chi connectivity index (χ3n) is 2.95. The number of hydrogen-bond donors (Lipinski definition) is 1. The molecule has 3 rings (SSSR count). The van der Waals surface area contributed by atoms with Crippen molar-refractivity contribution in [2.75, 3.05) is 5.73 Å². The van der Waals surface area contributed by atoms with Crippen molar-refractivity contribution in [2.45, 2.75) is 26.9 Å². The molecule has 0 aliphatic carbocycles. The number of aryl methyl sites for hydroxylation is 1. The van der Waals surface area contributed by atoms with Gasteiger partial charge in [0.2, 0.25) is 5.95 Å². The van der Waals surface area contributed by atoms with Crippen LogP contribution in [0.4, 0.5) is 5.95 Å². The zero-order valence-corrected chi connectivity index (χ0v) is 12.0. The zero-order valence-electron chi connectivity index (χ0n) is 12.0. The van der Waals surface area contributed by atoms with Crippen molar-refractivity contribution in [2.24, 2.45) is 0 Å². The highest BCUT2D eigenvalue weighted by Crippen LogP contribution is 2.26. The Morgan fingerprint density at radius 3 is 2.67 bits per heavy atom. The SMILES string of the molecule is Cc1nc(OC(C)C)ncc1-c1cnc(N)n2cnnc12. The summed E-state index contributed by atoms with van der Waals surface area (Å²) >= 11 is 0. The van der Waals surface area contributed by atoms with Crippen LogP contribution in [0.25, 0.3) is 16.8 Å². The number of fused-ring (bicyclic) bond motifs is 1. The van der Waals surface area contributed by atoms with Gasteiger partial charge >= 0.3 is 6.01 Å². The zero-order chi connectivity index (χ0) is 15.0. The van der Waals surface area contributed by atoms with E-state index in [1.807, 2.05) is 20.8 Å². The lowest BCUT2D eigenvalue weighted by molar-refractivity contribution is 0.221. The summed E-state index contributed by atoms with van der Waals surface area (Å²) in [7, 11) is 0. The highest BCUT2D eigenvalue weighted by molar-refractivity contribution is 5.78. The van der Waals surface area contributed by atoms with Crippen LogP contribution >= 0.6 is 0 Å². The van der Waals surface area contributed by atoms with Crippen LogP contribution in [-0.2, 0) is 0 Å². The van der Waals surface area contributed by atoms with E-state index in [0.717, 1.165) is 16.8 Å². The number of hydrogen-bond acceptors (Lipinski definition) is 7. The maximum absolute atomic E-state index is 5.79. The Morgan fingerprint density at radius 1 is 1.19 bits per heavy atom. The summed E-state index contributed by atoms with van der Waals surface area (Å²) in [6.07, 6.45) is 4.89. The van der Waals surface area contributed by atoms with E-state index in [2.05, 4.69) is 25.1 Å². The summed E-state index contributed by atoms with van der Waals surface area (Å²) in [4.78, 5) is 12.7. The van der Waals surface area contributed by atoms with E-state index >= 15 is 0 Å². The molecule has 8 nitrogen and oxygen atoms in total. The van der Waals surface area contributed by atoms with Gasteiger partial charge in [-0.1, -0.05) is 0 Å². The first kappa shape index (κ1) is 13.2. The van der Waals surface area contributed by atoms with Crippen molar-refractivity contribution in [1.82, 2.24) is 29.5 Å². The summed E-state index contributed by atoms with van der Waals surface area (Å²) in [5.74, 6) is 0.331. The van der Waals surface area contributed by atoms with Gasteiger partial charge in [-0.05, 0) is 20.8 Å². The number of aromatic nitrogens is 6. The van der Waals surface area contributed by atoms with Gasteiger partial charge in [-0.2, -0.15) is 4.98 Å². The van der Waals surface area contributed by atoms with Crippen LogP contribution < -0.4 is 10.5 Å². The van der Waals surface area contributed by atoms with E-state index in [0.29, 0.717) is 17.6 Å². The van der Waals surface area contributed by atoms with Crippen LogP contribution in [0.3, 0.4) is 0 Å². The Labute approximate surface area is 121 Å². The van der Waals surface area contributed by atoms with Crippen LogP contribution in [0.1, 0.15) is 19.5 Å². The fourth-order valence-electron chi connectivity index (χ4n) is 2.00. The van der Waals surface area contributed by atoms with Gasteiger partial charge in [0.1, 0.15) is 6.33 Å². The molecule has 0 saturated heterocycles. The maximum atomic E-state index is 5.79. The highest BCUT2D eigenvalue weighted by atomic mass is 16.5. The molecule has 0 saturated carbocycles. The molecule has 0 bridgehead atoms. The molecule has 2 N–H and O–H groups in total. The second-order valence-corrected chi connectivity index (χ2v) is 4.87. The number of nitrogens with two attached hydrogens (primary N) is 1. The third kappa shape index (κ3) is 2.35. The minimum absolute atomic E-state index is 0.0247. The van der Waals surface area contributed by atoms with Crippen LogP contribution in [0.5, 0.6) is 6.01 Å². The molecule has 3 heterocycles. The van der Waals surface area contributed by atoms with Crippen molar-refractivity contribution < 1.29 is 4.74 Å². The fraction of sp³-hybridized carbons (Fsp3) is 0.308. The lowest BCUT2D eigenvalue weighted by atomic mass is 10.1. The van der Waals surface area contributed by atoms with E-state index in [-0.39, 0.29) is 6.10 Å². The minimum atomic E-state index is 0.0247. The van der Waals surface area contributed by atoms with Gasteiger partial charge in [0.15, 0.2) is 5.65 Å². The molecule has 0 unspecified atom stereocenters. The molecule has 21 heavy (non-hydrogen) atoms. The second-order valence-electron chi connectivity index (χ2n) is 4.87. The number of rotatable bonds is 3. The second kappa shape index (κ2) is 4.97. The topological polar surface area (TPSA) is 104 Å². The lowest BCUT2D eigenvalue weighted by Crippen LogP contribution is -2.09. The van der Waals surface area contributed by atoms with Gasteiger partial charge in [-0.25, -0.2) is 9.97 Å². The lowest BCUT2D eigenvalue weighted by Gasteiger charge is -2.10. The predicted octanol–water partition coefficient (Wildman–Crippen LogP) is 1.26. The molecule has 0 amide bonds. The van der Waals surface area contributed by atoms with Gasteiger partial charge < -0.3 is 10.5 Å². The number of anilines is 1. The van der Waals surface area contributed by atoms with Crippen molar-refractivity contribution >= 4 is 11.6 Å². The first-order valence-corrected chi connectivity index (χ1v) is 6.51. The monoisotopic (exact) mass is 285 g/mol. The largest absolute Gasteiger partial charge is 0.461 e. The summed E-state index contributed by atoms with van der Waals surface area (Å²) in [6, 6.07) is 0.354. The quantitative estimate of drug-likeness (QED) is 0.772. The molecule has 0 atom stereocenters. The standard InChI is InChI=1S/C13H15N7O/c1-7(2)21-13-16-4-9(8(3)18-13)10-5-15-12(14)20-6-17-19-11(10)20/h4-7H,1-3H3,(H2,14,15). The van der Waals surface area contributed by atoms with Gasteiger partial charge in [0, 0.05) is 23.5 Å². The van der Waals surface area contributed by atoms with Gasteiger partial charge in [0.05, 0.1) is 11.8 Å². The van der Waals surface area contributed by atoms with Crippen LogP contribution in [0.2, 0.25) is 0 Å². The highest BCUT2D eigenvalue weighted by Gasteiger charge is 2.14. The summed E-state index contributed by atoms with van der Waals surface area (Å²) in [5.41, 5.74) is 8.77. The van der Waals surface area contributed by atoms with E-state index in [9.17, 15) is 0 Å². The van der Waals surface area contributed by atoms with E-state index in [1.165, 1.54) is 6.33 Å². The number of nitrogen functional groups attached to an aromatic ring is 1. The first-order chi connectivity index (χ1) is 10.1. The molecule has 0 aliphatic heterocycles. The Bertz CT molecular complexity index is 796. The van der Waals surface area contributed by atoms with Crippen molar-refractivity contribution in [3.05, 3.63) is 24.4 Å². The molecular weight excluding hydrogens is 270 g/mol. The van der Waals surface area contributed by atoms with Crippen molar-refractivity contribution in [3.8, 4) is 17.1 Å². The molecule has 0 aromatic carbocycles. The molecule has 0 aliphatic rings. The molecular formula is C13H15N7O. The average molecular weight is 285 g/mol. The molecule has 0 fully saturated rings. The Hall–Kier alpha value is -2.77. The van der Waals surface area contributed by atoms with Crippen LogP contribution in [-0.4, -0.2) is 35.7 Å². The van der Waals surface area contributed by atoms with Gasteiger partial charge in [0.25, 0.3) is 0 Å². The fourth-order valence-corrected chi connectivity index (χ4v) is 2.00. The molecule has 0 radical (unpaired) electrons. The molecule has 3 aromatic rings. The first-order valence-electron chi connectivity index (χ1n) is 6.51. The summed E-state index contributed by atoms with van der Waals surface area (Å²) < 4.78 is 7.10. The van der Waals surface area contributed by atoms with Crippen molar-refractivity contribution in [3.63, 3.8) is 0 Å². The molecule has 108 valence electrons. The minimum Gasteiger partial charge on any atom is -0.461 e. The molecule has 0 spiro atoms. The van der Waals surface area contributed by atoms with E-state index in [1.54, 1.807) is 16.8 Å². The third-order valence-corrected chi connectivity index (χ3v) is 2.95. The predicted molar refractivity (Wildman–Crippen MR) is 76.7 cm³/mol. The Balaban J connectivity index is 2.11. The van der Waals surface area contributed by atoms with Crippen LogP contribution in [0.15, 0.2) is 18.7 Å². The number of ether oxygens (including phenoxy) is 1. The van der Waals surface area contributed by atoms with Crippen molar-refractivity contribution in [1.29, 1.82) is 0 Å². The Kier molecular flexibility index (Phi) is 3.13. The molecule has 8 heteroatoms. The van der Waals surface area contributed by atoms with Gasteiger partial charge in [-0.3, -0.25) is 4.40 Å². The van der Waals surface area contributed by atoms with E-state index in [4.69, 9.17) is 10.5 Å².